The van der Waals surface area contributed by atoms with Crippen LogP contribution in [-0.2, 0) is 11.0 Å². The molecule has 6 heteroatoms. The Kier molecular flexibility index (Phi) is 8.26. The molecular formula is C18H22F2N2OS. The Bertz CT molecular complexity index is 773. The molecule has 0 aliphatic carbocycles. The molecule has 0 saturated carbocycles. The molecular weight excluding hydrogens is 330 g/mol. The average molecular weight is 352 g/mol. The number of halogens is 2. The highest BCUT2D eigenvalue weighted by Gasteiger charge is 2.14. The minimum absolute atomic E-state index is 0.296. The summed E-state index contributed by atoms with van der Waals surface area (Å²) in [5.41, 5.74) is -0.0208. The van der Waals surface area contributed by atoms with Gasteiger partial charge in [0.05, 0.1) is 4.90 Å². The molecule has 130 valence electrons. The molecule has 2 heterocycles. The third-order valence-corrected chi connectivity index (χ3v) is 4.20. The van der Waals surface area contributed by atoms with E-state index in [2.05, 4.69) is 4.98 Å². The van der Waals surface area contributed by atoms with Crippen molar-refractivity contribution in [1.29, 1.82) is 0 Å². The molecule has 3 aromatic rings. The zero-order valence-electron chi connectivity index (χ0n) is 14.2. The molecule has 0 spiro atoms. The van der Waals surface area contributed by atoms with Gasteiger partial charge in [-0.25, -0.2) is 21.9 Å². The van der Waals surface area contributed by atoms with Crippen LogP contribution in [0.15, 0.2) is 59.6 Å². The van der Waals surface area contributed by atoms with E-state index < -0.39 is 17.4 Å². The number of alkyl halides is 2. The van der Waals surface area contributed by atoms with Gasteiger partial charge in [0.2, 0.25) is 0 Å². The average Bonchev–Trinajstić information content (AvgIpc) is 3.08. The van der Waals surface area contributed by atoms with E-state index in [1.54, 1.807) is 42.6 Å². The topological polar surface area (TPSA) is 34.9 Å². The molecule has 2 aromatic heterocycles. The maximum atomic E-state index is 12.7. The van der Waals surface area contributed by atoms with E-state index in [0.717, 1.165) is 0 Å². The summed E-state index contributed by atoms with van der Waals surface area (Å²) in [5, 5.41) is 0.679. The molecule has 1 unspecified atom stereocenters. The van der Waals surface area contributed by atoms with Gasteiger partial charge in [0.25, 0.3) is 6.43 Å². The van der Waals surface area contributed by atoms with Gasteiger partial charge in [0.1, 0.15) is 5.69 Å². The highest BCUT2D eigenvalue weighted by atomic mass is 32.2. The Morgan fingerprint density at radius 1 is 0.958 bits per heavy atom. The van der Waals surface area contributed by atoms with Crippen LogP contribution in [0.3, 0.4) is 0 Å². The number of fused-ring (bicyclic) bond motifs is 1. The first kappa shape index (κ1) is 20.0. The lowest BCUT2D eigenvalue weighted by atomic mass is 10.3. The molecule has 24 heavy (non-hydrogen) atoms. The third kappa shape index (κ3) is 4.47. The second kappa shape index (κ2) is 9.93. The van der Waals surface area contributed by atoms with Gasteiger partial charge in [-0.15, -0.1) is 0 Å². The quantitative estimate of drug-likeness (QED) is 0.615. The first-order valence-electron chi connectivity index (χ1n) is 7.90. The summed E-state index contributed by atoms with van der Waals surface area (Å²) >= 11 is 0. The number of hydrogen-bond acceptors (Lipinski definition) is 2. The minimum atomic E-state index is -2.65. The molecule has 0 aliphatic rings. The van der Waals surface area contributed by atoms with Crippen LogP contribution in [0.25, 0.3) is 11.0 Å². The van der Waals surface area contributed by atoms with E-state index in [4.69, 9.17) is 0 Å². The van der Waals surface area contributed by atoms with Crippen LogP contribution in [0.5, 0.6) is 0 Å². The summed E-state index contributed by atoms with van der Waals surface area (Å²) in [5.74, 6) is 0. The van der Waals surface area contributed by atoms with Gasteiger partial charge in [-0.1, -0.05) is 45.9 Å². The van der Waals surface area contributed by atoms with Gasteiger partial charge in [-0.3, -0.25) is 0 Å². The van der Waals surface area contributed by atoms with Gasteiger partial charge < -0.3 is 0 Å². The third-order valence-electron chi connectivity index (χ3n) is 2.87. The van der Waals surface area contributed by atoms with E-state index in [1.165, 1.54) is 10.0 Å². The highest BCUT2D eigenvalue weighted by molar-refractivity contribution is 7.83. The predicted octanol–water partition coefficient (Wildman–Crippen LogP) is 5.60. The predicted molar refractivity (Wildman–Crippen MR) is 95.6 cm³/mol. The lowest BCUT2D eigenvalue weighted by molar-refractivity contribution is 0.146. The van der Waals surface area contributed by atoms with Gasteiger partial charge in [0, 0.05) is 11.6 Å². The summed E-state index contributed by atoms with van der Waals surface area (Å²) in [6.07, 6.45) is -1.05. The van der Waals surface area contributed by atoms with Crippen LogP contribution in [0.4, 0.5) is 8.78 Å². The Labute approximate surface area is 143 Å². The highest BCUT2D eigenvalue weighted by Crippen LogP contribution is 2.22. The molecule has 3 nitrogen and oxygen atoms in total. The Morgan fingerprint density at radius 3 is 2.17 bits per heavy atom. The van der Waals surface area contributed by atoms with Crippen molar-refractivity contribution >= 4 is 22.0 Å². The molecule has 0 N–H and O–H groups in total. The molecule has 1 atom stereocenters. The summed E-state index contributed by atoms with van der Waals surface area (Å²) < 4.78 is 39.3. The number of pyridine rings is 1. The Morgan fingerprint density at radius 2 is 1.58 bits per heavy atom. The van der Waals surface area contributed by atoms with E-state index >= 15 is 0 Å². The summed E-state index contributed by atoms with van der Waals surface area (Å²) in [6, 6.07) is 13.4. The van der Waals surface area contributed by atoms with Gasteiger partial charge in [-0.05, 0) is 30.3 Å². The van der Waals surface area contributed by atoms with Crippen LogP contribution in [0.1, 0.15) is 39.8 Å². The normalized spacial score (nSPS) is 11.3. The Balaban J connectivity index is 0.000000671. The fraction of sp³-hybridized carbons (Fsp3) is 0.278. The lowest BCUT2D eigenvalue weighted by Gasteiger charge is -2.05. The van der Waals surface area contributed by atoms with Crippen molar-refractivity contribution in [2.45, 2.75) is 39.0 Å². The monoisotopic (exact) mass is 352 g/mol. The fourth-order valence-electron chi connectivity index (χ4n) is 1.90. The largest absolute Gasteiger partial charge is 0.280 e. The molecule has 0 saturated heterocycles. The molecule has 0 bridgehead atoms. The zero-order chi connectivity index (χ0) is 18.1. The summed E-state index contributed by atoms with van der Waals surface area (Å²) in [6.45, 7) is 8.00. The fourth-order valence-corrected chi connectivity index (χ4v) is 3.00. The summed E-state index contributed by atoms with van der Waals surface area (Å²) in [7, 11) is -1.50. The van der Waals surface area contributed by atoms with Crippen LogP contribution < -0.4 is 0 Å². The maximum Gasteiger partial charge on any atom is 0.280 e. The van der Waals surface area contributed by atoms with E-state index in [0.29, 0.717) is 15.9 Å². The molecule has 1 aromatic carbocycles. The smallest absolute Gasteiger partial charge is 0.246 e. The first-order chi connectivity index (χ1) is 11.7. The zero-order valence-corrected chi connectivity index (χ0v) is 15.1. The number of benzene rings is 1. The molecule has 0 radical (unpaired) electrons. The molecule has 3 rings (SSSR count). The molecule has 0 amide bonds. The van der Waals surface area contributed by atoms with Crippen LogP contribution >= 0.6 is 0 Å². The Hall–Kier alpha value is -2.08. The number of aromatic nitrogens is 2. The van der Waals surface area contributed by atoms with Crippen molar-refractivity contribution in [3.63, 3.8) is 0 Å². The van der Waals surface area contributed by atoms with Crippen molar-refractivity contribution < 1.29 is 13.0 Å². The maximum absolute atomic E-state index is 12.7. The summed E-state index contributed by atoms with van der Waals surface area (Å²) in [4.78, 5) is 4.49. The molecule has 0 fully saturated rings. The standard InChI is InChI=1S/C14H10F2N2OS.2C2H6/c15-13(16)12-7-6-10-8-9-18(14(10)17-12)20(19)11-4-2-1-3-5-11;2*1-2/h1-9,13H;2*1-2H3. The van der Waals surface area contributed by atoms with Gasteiger partial charge >= 0.3 is 0 Å². The van der Waals surface area contributed by atoms with Crippen molar-refractivity contribution in [3.8, 4) is 0 Å². The van der Waals surface area contributed by atoms with Crippen LogP contribution in [0, 0.1) is 0 Å². The lowest BCUT2D eigenvalue weighted by Crippen LogP contribution is -2.05. The van der Waals surface area contributed by atoms with Crippen molar-refractivity contribution in [2.24, 2.45) is 0 Å². The SMILES string of the molecule is CC.CC.O=S(c1ccccc1)n1ccc2ccc(C(F)F)nc21. The van der Waals surface area contributed by atoms with Crippen LogP contribution in [0.2, 0.25) is 0 Å². The van der Waals surface area contributed by atoms with E-state index in [-0.39, 0.29) is 5.69 Å². The number of hydrogen-bond donors (Lipinski definition) is 0. The second-order valence-electron chi connectivity index (χ2n) is 4.15. The second-order valence-corrected chi connectivity index (χ2v) is 5.52. The number of nitrogens with zero attached hydrogens (tertiary/aromatic N) is 2. The van der Waals surface area contributed by atoms with E-state index in [1.807, 2.05) is 33.8 Å². The van der Waals surface area contributed by atoms with Gasteiger partial charge in [-0.2, -0.15) is 0 Å². The van der Waals surface area contributed by atoms with Gasteiger partial charge in [0.15, 0.2) is 16.6 Å². The first-order valence-corrected chi connectivity index (χ1v) is 9.01. The van der Waals surface area contributed by atoms with E-state index in [9.17, 15) is 13.0 Å². The number of rotatable bonds is 3. The van der Waals surface area contributed by atoms with Crippen LogP contribution in [-0.4, -0.2) is 13.2 Å². The van der Waals surface area contributed by atoms with Crippen molar-refractivity contribution in [1.82, 2.24) is 8.96 Å². The van der Waals surface area contributed by atoms with Crippen molar-refractivity contribution in [2.75, 3.05) is 0 Å². The van der Waals surface area contributed by atoms with Crippen molar-refractivity contribution in [3.05, 3.63) is 60.4 Å². The molecule has 0 aliphatic heterocycles. The minimum Gasteiger partial charge on any atom is -0.246 e.